The fourth-order valence-electron chi connectivity index (χ4n) is 3.18. The van der Waals surface area contributed by atoms with Crippen LogP contribution in [0.25, 0.3) is 5.69 Å². The monoisotopic (exact) mass is 439 g/mol. The summed E-state index contributed by atoms with van der Waals surface area (Å²) in [4.78, 5) is 17.6. The quantitative estimate of drug-likeness (QED) is 0.687. The number of halogens is 2. The summed E-state index contributed by atoms with van der Waals surface area (Å²) in [6.45, 7) is 3.87. The predicted octanol–water partition coefficient (Wildman–Crippen LogP) is 4.75. The molecule has 4 nitrogen and oxygen atoms in total. The van der Waals surface area contributed by atoms with E-state index in [0.717, 1.165) is 38.9 Å². The summed E-state index contributed by atoms with van der Waals surface area (Å²) in [5.41, 5.74) is 3.12. The molecule has 1 fully saturated rings. The van der Waals surface area contributed by atoms with Crippen LogP contribution in [0.2, 0.25) is 0 Å². The third-order valence-corrected chi connectivity index (χ3v) is 5.41. The lowest BCUT2D eigenvalue weighted by molar-refractivity contribution is 0.706. The zero-order chi connectivity index (χ0) is 16.6. The van der Waals surface area contributed by atoms with E-state index in [9.17, 15) is 4.79 Å². The summed E-state index contributed by atoms with van der Waals surface area (Å²) in [5, 5.41) is 3.17. The van der Waals surface area contributed by atoms with Gasteiger partial charge in [-0.2, -0.15) is 0 Å². The molecular formula is C17H19Br2N3O. The molecule has 1 heterocycles. The van der Waals surface area contributed by atoms with Crippen LogP contribution in [0.15, 0.2) is 36.9 Å². The van der Waals surface area contributed by atoms with Crippen molar-refractivity contribution >= 4 is 37.6 Å². The molecule has 1 aromatic heterocycles. The van der Waals surface area contributed by atoms with E-state index in [0.29, 0.717) is 11.6 Å². The Labute approximate surface area is 152 Å². The minimum absolute atomic E-state index is 0.0511. The third kappa shape index (κ3) is 3.38. The van der Waals surface area contributed by atoms with Gasteiger partial charge in [0.25, 0.3) is 5.56 Å². The first-order chi connectivity index (χ1) is 11.0. The van der Waals surface area contributed by atoms with Gasteiger partial charge in [0.2, 0.25) is 0 Å². The van der Waals surface area contributed by atoms with Crippen LogP contribution in [-0.4, -0.2) is 21.5 Å². The molecule has 0 amide bonds. The SMILES string of the molecule is CC(=NC1CCCC1)c1c(C)[nH]n(-c2ccc(Br)cc2Br)c1=O. The van der Waals surface area contributed by atoms with E-state index in [1.54, 1.807) is 4.68 Å². The molecular weight excluding hydrogens is 422 g/mol. The Morgan fingerprint density at radius 1 is 1.30 bits per heavy atom. The van der Waals surface area contributed by atoms with Crippen LogP contribution in [0, 0.1) is 6.92 Å². The van der Waals surface area contributed by atoms with Gasteiger partial charge in [-0.25, -0.2) is 4.68 Å². The van der Waals surface area contributed by atoms with Crippen molar-refractivity contribution in [2.45, 2.75) is 45.6 Å². The number of benzene rings is 1. The Kier molecular flexibility index (Phi) is 4.92. The molecule has 1 N–H and O–H groups in total. The van der Waals surface area contributed by atoms with Crippen molar-refractivity contribution in [2.24, 2.45) is 4.99 Å². The third-order valence-electron chi connectivity index (χ3n) is 4.28. The standard InChI is InChI=1S/C17H19Br2N3O/c1-10(20-13-5-3-4-6-13)16-11(2)21-22(17(16)23)15-8-7-12(18)9-14(15)19/h7-9,13,21H,3-6H2,1-2H3. The molecule has 0 radical (unpaired) electrons. The molecule has 3 rings (SSSR count). The van der Waals surface area contributed by atoms with Gasteiger partial charge in [0.05, 0.1) is 17.3 Å². The average molecular weight is 441 g/mol. The number of aromatic amines is 1. The Morgan fingerprint density at radius 2 is 2.00 bits per heavy atom. The summed E-state index contributed by atoms with van der Waals surface area (Å²) in [6.07, 6.45) is 4.74. The van der Waals surface area contributed by atoms with Gasteiger partial charge in [-0.1, -0.05) is 28.8 Å². The van der Waals surface area contributed by atoms with Gasteiger partial charge in [-0.05, 0) is 60.8 Å². The Bertz CT molecular complexity index is 814. The van der Waals surface area contributed by atoms with Crippen molar-refractivity contribution < 1.29 is 0 Å². The molecule has 1 aliphatic rings. The summed E-state index contributed by atoms with van der Waals surface area (Å²) in [5.74, 6) is 0. The lowest BCUT2D eigenvalue weighted by Crippen LogP contribution is -2.20. The number of H-pyrrole nitrogens is 1. The molecule has 0 atom stereocenters. The fourth-order valence-corrected chi connectivity index (χ4v) is 4.40. The van der Waals surface area contributed by atoms with Crippen molar-refractivity contribution in [3.63, 3.8) is 0 Å². The topological polar surface area (TPSA) is 50.1 Å². The maximum absolute atomic E-state index is 12.9. The van der Waals surface area contributed by atoms with Crippen LogP contribution in [0.1, 0.15) is 43.9 Å². The number of aromatic nitrogens is 2. The van der Waals surface area contributed by atoms with E-state index in [1.807, 2.05) is 32.0 Å². The van der Waals surface area contributed by atoms with Gasteiger partial charge in [-0.15, -0.1) is 0 Å². The average Bonchev–Trinajstić information content (AvgIpc) is 3.07. The van der Waals surface area contributed by atoms with Crippen LogP contribution in [0.4, 0.5) is 0 Å². The van der Waals surface area contributed by atoms with Crippen molar-refractivity contribution in [1.29, 1.82) is 0 Å². The first-order valence-electron chi connectivity index (χ1n) is 7.79. The smallest absolute Gasteiger partial charge is 0.280 e. The van der Waals surface area contributed by atoms with Crippen molar-refractivity contribution in [1.82, 2.24) is 9.78 Å². The highest BCUT2D eigenvalue weighted by Crippen LogP contribution is 2.25. The number of nitrogens with one attached hydrogen (secondary N) is 1. The number of rotatable bonds is 3. The van der Waals surface area contributed by atoms with Crippen molar-refractivity contribution in [3.8, 4) is 5.69 Å². The summed E-state index contributed by atoms with van der Waals surface area (Å²) in [7, 11) is 0. The van der Waals surface area contributed by atoms with Gasteiger partial charge >= 0.3 is 0 Å². The van der Waals surface area contributed by atoms with E-state index in [-0.39, 0.29) is 5.56 Å². The first kappa shape index (κ1) is 16.7. The van der Waals surface area contributed by atoms with E-state index < -0.39 is 0 Å². The molecule has 1 saturated carbocycles. The van der Waals surface area contributed by atoms with Crippen LogP contribution in [-0.2, 0) is 0 Å². The van der Waals surface area contributed by atoms with Crippen LogP contribution >= 0.6 is 31.9 Å². The zero-order valence-corrected chi connectivity index (χ0v) is 16.4. The molecule has 2 aromatic rings. The van der Waals surface area contributed by atoms with Crippen LogP contribution in [0.5, 0.6) is 0 Å². The van der Waals surface area contributed by atoms with E-state index >= 15 is 0 Å². The second kappa shape index (κ2) is 6.77. The zero-order valence-electron chi connectivity index (χ0n) is 13.2. The summed E-state index contributed by atoms with van der Waals surface area (Å²) >= 11 is 6.95. The fraction of sp³-hybridized carbons (Fsp3) is 0.412. The van der Waals surface area contributed by atoms with Gasteiger partial charge in [0.15, 0.2) is 0 Å². The molecule has 0 saturated heterocycles. The highest BCUT2D eigenvalue weighted by molar-refractivity contribution is 9.11. The summed E-state index contributed by atoms with van der Waals surface area (Å²) < 4.78 is 3.39. The van der Waals surface area contributed by atoms with E-state index in [4.69, 9.17) is 4.99 Å². The lowest BCUT2D eigenvalue weighted by atomic mass is 10.1. The maximum atomic E-state index is 12.9. The number of nitrogens with zero attached hydrogens (tertiary/aromatic N) is 2. The molecule has 6 heteroatoms. The highest BCUT2D eigenvalue weighted by Gasteiger charge is 2.19. The number of hydrogen-bond acceptors (Lipinski definition) is 2. The predicted molar refractivity (Wildman–Crippen MR) is 101 cm³/mol. The Hall–Kier alpha value is -1.14. The van der Waals surface area contributed by atoms with Gasteiger partial charge in [-0.3, -0.25) is 14.9 Å². The molecule has 1 aliphatic carbocycles. The second-order valence-electron chi connectivity index (χ2n) is 6.00. The molecule has 0 aliphatic heterocycles. The maximum Gasteiger partial charge on any atom is 0.280 e. The Morgan fingerprint density at radius 3 is 2.65 bits per heavy atom. The highest BCUT2D eigenvalue weighted by atomic mass is 79.9. The van der Waals surface area contributed by atoms with Gasteiger partial charge < -0.3 is 0 Å². The number of hydrogen-bond donors (Lipinski definition) is 1. The van der Waals surface area contributed by atoms with Gasteiger partial charge in [0.1, 0.15) is 0 Å². The molecule has 23 heavy (non-hydrogen) atoms. The molecule has 122 valence electrons. The molecule has 1 aromatic carbocycles. The normalized spacial score (nSPS) is 16.3. The van der Waals surface area contributed by atoms with Crippen LogP contribution < -0.4 is 5.56 Å². The van der Waals surface area contributed by atoms with Gasteiger partial charge in [0, 0.05) is 20.4 Å². The van der Waals surface area contributed by atoms with Crippen molar-refractivity contribution in [2.75, 3.05) is 0 Å². The summed E-state index contributed by atoms with van der Waals surface area (Å²) in [6, 6.07) is 6.12. The molecule has 0 unspecified atom stereocenters. The van der Waals surface area contributed by atoms with Crippen molar-refractivity contribution in [3.05, 3.63) is 48.8 Å². The van der Waals surface area contributed by atoms with E-state index in [2.05, 4.69) is 37.0 Å². The first-order valence-corrected chi connectivity index (χ1v) is 9.38. The van der Waals surface area contributed by atoms with Crippen LogP contribution in [0.3, 0.4) is 0 Å². The lowest BCUT2D eigenvalue weighted by Gasteiger charge is -2.05. The Balaban J connectivity index is 2.04. The second-order valence-corrected chi connectivity index (χ2v) is 7.77. The minimum atomic E-state index is -0.0511. The number of aliphatic imine (C=N–C) groups is 1. The number of aryl methyl sites for hydroxylation is 1. The molecule has 0 spiro atoms. The largest absolute Gasteiger partial charge is 0.295 e. The minimum Gasteiger partial charge on any atom is -0.295 e. The van der Waals surface area contributed by atoms with E-state index in [1.165, 1.54) is 12.8 Å². The molecule has 0 bridgehead atoms.